The van der Waals surface area contributed by atoms with Crippen LogP contribution in [0, 0.1) is 18.3 Å². The maximum Gasteiger partial charge on any atom is 0.317 e. The van der Waals surface area contributed by atoms with Crippen LogP contribution in [0.3, 0.4) is 0 Å². The number of nitriles is 1. The molecule has 8 heteroatoms. The van der Waals surface area contributed by atoms with E-state index in [-0.39, 0.29) is 12.1 Å². The van der Waals surface area contributed by atoms with Gasteiger partial charge in [0.2, 0.25) is 0 Å². The summed E-state index contributed by atoms with van der Waals surface area (Å²) in [5.41, 5.74) is 3.49. The Morgan fingerprint density at radius 1 is 1.44 bits per heavy atom. The average molecular weight is 385 g/mol. The molecule has 2 amide bonds. The number of likely N-dealkylation sites (N-methyl/N-ethyl adjacent to an activating group) is 1. The molecule has 0 unspecified atom stereocenters. The molecule has 0 saturated carbocycles. The number of hydrogen-bond donors (Lipinski definition) is 1. The third-order valence-corrected chi connectivity index (χ3v) is 5.89. The molecule has 0 radical (unpaired) electrons. The van der Waals surface area contributed by atoms with Crippen molar-refractivity contribution >= 4 is 23.2 Å². The van der Waals surface area contributed by atoms with E-state index in [0.29, 0.717) is 12.1 Å². The summed E-state index contributed by atoms with van der Waals surface area (Å²) in [4.78, 5) is 26.1. The van der Waals surface area contributed by atoms with Crippen LogP contribution < -0.4 is 10.2 Å². The van der Waals surface area contributed by atoms with Gasteiger partial charge in [-0.1, -0.05) is 0 Å². The van der Waals surface area contributed by atoms with E-state index in [0.717, 1.165) is 43.9 Å². The lowest BCUT2D eigenvalue weighted by molar-refractivity contribution is 0.202. The smallest absolute Gasteiger partial charge is 0.317 e. The minimum atomic E-state index is -0.0360. The van der Waals surface area contributed by atoms with Crippen molar-refractivity contribution in [1.29, 1.82) is 5.26 Å². The molecule has 0 bridgehead atoms. The highest BCUT2D eigenvalue weighted by molar-refractivity contribution is 7.09. The zero-order valence-electron chi connectivity index (χ0n) is 15.7. The molecule has 27 heavy (non-hydrogen) atoms. The number of nitrogens with one attached hydrogen (secondary N) is 1. The van der Waals surface area contributed by atoms with Crippen molar-refractivity contribution in [3.63, 3.8) is 0 Å². The quantitative estimate of drug-likeness (QED) is 0.856. The number of carbonyl (C=O) groups is 1. The molecule has 1 aliphatic heterocycles. The van der Waals surface area contributed by atoms with Crippen LogP contribution in [0.2, 0.25) is 0 Å². The number of anilines is 1. The topological polar surface area (TPSA) is 85.2 Å². The van der Waals surface area contributed by atoms with Crippen LogP contribution >= 0.6 is 11.3 Å². The zero-order chi connectivity index (χ0) is 19.2. The predicted molar refractivity (Wildman–Crippen MR) is 106 cm³/mol. The largest absolute Gasteiger partial charge is 0.355 e. The van der Waals surface area contributed by atoms with Gasteiger partial charge in [0.05, 0.1) is 16.8 Å². The van der Waals surface area contributed by atoms with Crippen molar-refractivity contribution in [3.8, 4) is 6.07 Å². The first-order chi connectivity index (χ1) is 13.1. The highest BCUT2D eigenvalue weighted by Crippen LogP contribution is 2.21. The number of carbonyl (C=O) groups excluding carboxylic acids is 1. The second-order valence-electron chi connectivity index (χ2n) is 6.73. The summed E-state index contributed by atoms with van der Waals surface area (Å²) in [7, 11) is 1.83. The van der Waals surface area contributed by atoms with Gasteiger partial charge in [-0.3, -0.25) is 0 Å². The highest BCUT2D eigenvalue weighted by atomic mass is 32.1. The Bertz CT molecular complexity index is 822. The van der Waals surface area contributed by atoms with E-state index in [1.807, 2.05) is 19.5 Å². The van der Waals surface area contributed by atoms with Crippen molar-refractivity contribution in [3.05, 3.63) is 40.0 Å². The van der Waals surface area contributed by atoms with E-state index in [9.17, 15) is 10.1 Å². The van der Waals surface area contributed by atoms with E-state index in [1.165, 1.54) is 4.88 Å². The van der Waals surface area contributed by atoms with Crippen LogP contribution in [0.1, 0.15) is 29.0 Å². The fourth-order valence-electron chi connectivity index (χ4n) is 3.19. The van der Waals surface area contributed by atoms with Crippen LogP contribution in [-0.4, -0.2) is 53.6 Å². The average Bonchev–Trinajstić information content (AvgIpc) is 3.11. The summed E-state index contributed by atoms with van der Waals surface area (Å²) in [5, 5.41) is 12.4. The SMILES string of the molecule is Cc1ncsc1CCN(C)C(=O)NC1CCN(c2ncccc2C#N)CC1. The molecule has 7 nitrogen and oxygen atoms in total. The molecule has 1 saturated heterocycles. The highest BCUT2D eigenvalue weighted by Gasteiger charge is 2.24. The molecule has 0 spiro atoms. The predicted octanol–water partition coefficient (Wildman–Crippen LogP) is 2.57. The first-order valence-electron chi connectivity index (χ1n) is 9.09. The summed E-state index contributed by atoms with van der Waals surface area (Å²) < 4.78 is 0. The Kier molecular flexibility index (Phi) is 6.24. The van der Waals surface area contributed by atoms with Crippen LogP contribution in [0.5, 0.6) is 0 Å². The molecule has 1 fully saturated rings. The standard InChI is InChI=1S/C19H24N6OS/c1-14-17(27-13-22-14)7-9-24(2)19(26)23-16-5-10-25(11-6-16)18-15(12-20)4-3-8-21-18/h3-4,8,13,16H,5-7,9-11H2,1-2H3,(H,23,26). The van der Waals surface area contributed by atoms with Gasteiger partial charge in [-0.05, 0) is 31.9 Å². The Hall–Kier alpha value is -2.66. The van der Waals surface area contributed by atoms with Gasteiger partial charge in [0, 0.05) is 50.2 Å². The molecule has 3 rings (SSSR count). The van der Waals surface area contributed by atoms with Gasteiger partial charge >= 0.3 is 6.03 Å². The van der Waals surface area contributed by atoms with Gasteiger partial charge in [0.1, 0.15) is 11.9 Å². The molecular formula is C19H24N6OS. The van der Waals surface area contributed by atoms with Crippen LogP contribution in [-0.2, 0) is 6.42 Å². The molecule has 2 aromatic heterocycles. The normalized spacial score (nSPS) is 14.6. The van der Waals surface area contributed by atoms with Gasteiger partial charge < -0.3 is 15.1 Å². The van der Waals surface area contributed by atoms with Crippen molar-refractivity contribution < 1.29 is 4.79 Å². The number of urea groups is 1. The number of nitrogens with zero attached hydrogens (tertiary/aromatic N) is 5. The number of hydrogen-bond acceptors (Lipinski definition) is 6. The lowest BCUT2D eigenvalue weighted by Crippen LogP contribution is -2.49. The van der Waals surface area contributed by atoms with Crippen molar-refractivity contribution in [2.75, 3.05) is 31.6 Å². The number of rotatable bonds is 5. The Labute approximate surface area is 163 Å². The molecule has 142 valence electrons. The van der Waals surface area contributed by atoms with Crippen LogP contribution in [0.25, 0.3) is 0 Å². The van der Waals surface area contributed by atoms with Gasteiger partial charge in [0.25, 0.3) is 0 Å². The molecule has 1 N–H and O–H groups in total. The minimum Gasteiger partial charge on any atom is -0.355 e. The Morgan fingerprint density at radius 3 is 2.89 bits per heavy atom. The molecule has 0 aromatic carbocycles. The van der Waals surface area contributed by atoms with Gasteiger partial charge in [-0.25, -0.2) is 14.8 Å². The number of aryl methyl sites for hydroxylation is 1. The number of thiazole rings is 1. The van der Waals surface area contributed by atoms with Crippen LogP contribution in [0.15, 0.2) is 23.8 Å². The van der Waals surface area contributed by atoms with E-state index >= 15 is 0 Å². The molecule has 2 aromatic rings. The summed E-state index contributed by atoms with van der Waals surface area (Å²) in [6.07, 6.45) is 4.23. The molecule has 0 aliphatic carbocycles. The summed E-state index contributed by atoms with van der Waals surface area (Å²) in [5.74, 6) is 0.738. The second kappa shape index (κ2) is 8.82. The van der Waals surface area contributed by atoms with Crippen LogP contribution in [0.4, 0.5) is 10.6 Å². The van der Waals surface area contributed by atoms with Gasteiger partial charge in [-0.15, -0.1) is 11.3 Å². The lowest BCUT2D eigenvalue weighted by Gasteiger charge is -2.34. The summed E-state index contributed by atoms with van der Waals surface area (Å²) >= 11 is 1.64. The Morgan fingerprint density at radius 2 is 2.22 bits per heavy atom. The van der Waals surface area contributed by atoms with Crippen molar-refractivity contribution in [2.45, 2.75) is 32.2 Å². The van der Waals surface area contributed by atoms with Gasteiger partial charge in [-0.2, -0.15) is 5.26 Å². The third-order valence-electron chi connectivity index (χ3n) is 4.90. The van der Waals surface area contributed by atoms with E-state index < -0.39 is 0 Å². The zero-order valence-corrected chi connectivity index (χ0v) is 16.5. The minimum absolute atomic E-state index is 0.0360. The number of aromatic nitrogens is 2. The van der Waals surface area contributed by atoms with E-state index in [1.54, 1.807) is 34.6 Å². The fraction of sp³-hybridized carbons (Fsp3) is 0.474. The van der Waals surface area contributed by atoms with Crippen molar-refractivity contribution in [2.24, 2.45) is 0 Å². The first-order valence-corrected chi connectivity index (χ1v) is 9.97. The number of pyridine rings is 1. The number of amides is 2. The van der Waals surface area contributed by atoms with E-state index in [4.69, 9.17) is 0 Å². The second-order valence-corrected chi connectivity index (χ2v) is 7.67. The van der Waals surface area contributed by atoms with Crippen molar-refractivity contribution in [1.82, 2.24) is 20.2 Å². The summed E-state index contributed by atoms with van der Waals surface area (Å²) in [6.45, 7) is 4.23. The maximum atomic E-state index is 12.4. The monoisotopic (exact) mass is 384 g/mol. The summed E-state index contributed by atoms with van der Waals surface area (Å²) in [6, 6.07) is 5.87. The molecule has 1 aliphatic rings. The maximum absolute atomic E-state index is 12.4. The lowest BCUT2D eigenvalue weighted by atomic mass is 10.0. The fourth-order valence-corrected chi connectivity index (χ4v) is 3.96. The van der Waals surface area contributed by atoms with E-state index in [2.05, 4.69) is 26.3 Å². The molecular weight excluding hydrogens is 360 g/mol. The Balaban J connectivity index is 1.46. The molecule has 0 atom stereocenters. The third kappa shape index (κ3) is 4.74. The first kappa shape index (κ1) is 19.1. The van der Waals surface area contributed by atoms with Gasteiger partial charge in [0.15, 0.2) is 0 Å². The molecule has 3 heterocycles. The number of piperidine rings is 1.